The molecule has 1 aliphatic rings. The molecule has 9 heteroatoms. The van der Waals surface area contributed by atoms with Gasteiger partial charge >= 0.3 is 0 Å². The highest BCUT2D eigenvalue weighted by molar-refractivity contribution is 7.07. The summed E-state index contributed by atoms with van der Waals surface area (Å²) in [5, 5.41) is 6.82. The minimum atomic E-state index is -0.171. The fourth-order valence-corrected chi connectivity index (χ4v) is 3.73. The SMILES string of the molecule is COc1ccccc1OCC(=O)NCC1CCN(C(=O)c2snnc2C)CC1. The molecule has 1 saturated heterocycles. The molecule has 28 heavy (non-hydrogen) atoms. The highest BCUT2D eigenvalue weighted by Gasteiger charge is 2.26. The number of benzene rings is 1. The summed E-state index contributed by atoms with van der Waals surface area (Å²) < 4.78 is 14.6. The van der Waals surface area contributed by atoms with E-state index in [2.05, 4.69) is 14.9 Å². The molecule has 8 nitrogen and oxygen atoms in total. The van der Waals surface area contributed by atoms with Gasteiger partial charge in [-0.3, -0.25) is 9.59 Å². The molecule has 3 rings (SSSR count). The van der Waals surface area contributed by atoms with Crippen LogP contribution in [0.4, 0.5) is 0 Å². The third-order valence-corrected chi connectivity index (χ3v) is 5.58. The Morgan fingerprint density at radius 2 is 1.96 bits per heavy atom. The van der Waals surface area contributed by atoms with Crippen LogP contribution < -0.4 is 14.8 Å². The summed E-state index contributed by atoms with van der Waals surface area (Å²) in [4.78, 5) is 27.0. The Bertz CT molecular complexity index is 818. The second-order valence-corrected chi connectivity index (χ2v) is 7.42. The molecule has 0 saturated carbocycles. The quantitative estimate of drug-likeness (QED) is 0.758. The van der Waals surface area contributed by atoms with E-state index in [1.54, 1.807) is 26.2 Å². The topological polar surface area (TPSA) is 93.7 Å². The van der Waals surface area contributed by atoms with Crippen LogP contribution in [0.5, 0.6) is 11.5 Å². The molecule has 0 bridgehead atoms. The van der Waals surface area contributed by atoms with Crippen molar-refractivity contribution in [2.45, 2.75) is 19.8 Å². The fourth-order valence-electron chi connectivity index (χ4n) is 3.10. The Hall–Kier alpha value is -2.68. The Balaban J connectivity index is 1.38. The fraction of sp³-hybridized carbons (Fsp3) is 0.474. The molecule has 150 valence electrons. The number of methoxy groups -OCH3 is 1. The van der Waals surface area contributed by atoms with Crippen LogP contribution in [0, 0.1) is 12.8 Å². The van der Waals surface area contributed by atoms with Gasteiger partial charge < -0.3 is 19.7 Å². The van der Waals surface area contributed by atoms with Gasteiger partial charge in [-0.05, 0) is 49.3 Å². The van der Waals surface area contributed by atoms with E-state index in [1.807, 2.05) is 17.0 Å². The van der Waals surface area contributed by atoms with Crippen LogP contribution in [0.3, 0.4) is 0 Å². The molecular weight excluding hydrogens is 380 g/mol. The van der Waals surface area contributed by atoms with Crippen LogP contribution in [0.1, 0.15) is 28.2 Å². The van der Waals surface area contributed by atoms with Crippen LogP contribution in [-0.4, -0.2) is 59.7 Å². The first-order valence-corrected chi connectivity index (χ1v) is 9.96. The van der Waals surface area contributed by atoms with Crippen molar-refractivity contribution in [1.82, 2.24) is 19.8 Å². The van der Waals surface area contributed by atoms with Gasteiger partial charge in [0.15, 0.2) is 18.1 Å². The third-order valence-electron chi connectivity index (χ3n) is 4.76. The van der Waals surface area contributed by atoms with Gasteiger partial charge in [-0.1, -0.05) is 16.6 Å². The first-order valence-electron chi connectivity index (χ1n) is 9.19. The number of rotatable bonds is 7. The van der Waals surface area contributed by atoms with E-state index in [4.69, 9.17) is 9.47 Å². The molecular formula is C19H24N4O4S. The molecule has 2 aromatic rings. The van der Waals surface area contributed by atoms with Crippen LogP contribution >= 0.6 is 11.5 Å². The van der Waals surface area contributed by atoms with Crippen molar-refractivity contribution in [3.05, 3.63) is 34.8 Å². The monoisotopic (exact) mass is 404 g/mol. The number of nitrogens with one attached hydrogen (secondary N) is 1. The summed E-state index contributed by atoms with van der Waals surface area (Å²) in [6, 6.07) is 7.22. The van der Waals surface area contributed by atoms with E-state index < -0.39 is 0 Å². The van der Waals surface area contributed by atoms with E-state index >= 15 is 0 Å². The molecule has 1 fully saturated rings. The second-order valence-electron chi connectivity index (χ2n) is 6.67. The Morgan fingerprint density at radius 3 is 2.61 bits per heavy atom. The zero-order valence-electron chi connectivity index (χ0n) is 16.0. The average molecular weight is 404 g/mol. The number of piperidine rings is 1. The highest BCUT2D eigenvalue weighted by Crippen LogP contribution is 2.25. The number of aromatic nitrogens is 2. The summed E-state index contributed by atoms with van der Waals surface area (Å²) >= 11 is 1.14. The lowest BCUT2D eigenvalue weighted by molar-refractivity contribution is -0.123. The van der Waals surface area contributed by atoms with Crippen LogP contribution in [0.2, 0.25) is 0 Å². The number of hydrogen-bond donors (Lipinski definition) is 1. The normalized spacial score (nSPS) is 14.6. The van der Waals surface area contributed by atoms with Crippen molar-refractivity contribution in [3.8, 4) is 11.5 Å². The lowest BCUT2D eigenvalue weighted by atomic mass is 9.96. The van der Waals surface area contributed by atoms with Crippen LogP contribution in [0.25, 0.3) is 0 Å². The van der Waals surface area contributed by atoms with Crippen LogP contribution in [-0.2, 0) is 4.79 Å². The Labute approximate surface area is 168 Å². The molecule has 0 radical (unpaired) electrons. The number of ether oxygens (including phenoxy) is 2. The predicted octanol–water partition coefficient (Wildman–Crippen LogP) is 1.90. The van der Waals surface area contributed by atoms with Gasteiger partial charge in [-0.2, -0.15) is 0 Å². The van der Waals surface area contributed by atoms with Gasteiger partial charge in [0.05, 0.1) is 12.8 Å². The molecule has 0 aliphatic carbocycles. The molecule has 0 spiro atoms. The van der Waals surface area contributed by atoms with Gasteiger partial charge in [-0.25, -0.2) is 0 Å². The van der Waals surface area contributed by atoms with Crippen molar-refractivity contribution in [2.75, 3.05) is 33.4 Å². The summed E-state index contributed by atoms with van der Waals surface area (Å²) in [5.41, 5.74) is 0.680. The Kier molecular flexibility index (Phi) is 6.80. The predicted molar refractivity (Wildman–Crippen MR) is 105 cm³/mol. The molecule has 1 aromatic carbocycles. The van der Waals surface area contributed by atoms with Crippen LogP contribution in [0.15, 0.2) is 24.3 Å². The van der Waals surface area contributed by atoms with E-state index in [0.717, 1.165) is 24.4 Å². The summed E-state index contributed by atoms with van der Waals surface area (Å²) in [7, 11) is 1.56. The Morgan fingerprint density at radius 1 is 1.25 bits per heavy atom. The molecule has 1 N–H and O–H groups in total. The number of amides is 2. The zero-order valence-corrected chi connectivity index (χ0v) is 16.8. The van der Waals surface area contributed by atoms with E-state index in [1.165, 1.54) is 0 Å². The van der Waals surface area contributed by atoms with E-state index in [-0.39, 0.29) is 18.4 Å². The van der Waals surface area contributed by atoms with Crippen molar-refractivity contribution in [1.29, 1.82) is 0 Å². The van der Waals surface area contributed by atoms with Crippen molar-refractivity contribution < 1.29 is 19.1 Å². The molecule has 2 heterocycles. The van der Waals surface area contributed by atoms with Crippen molar-refractivity contribution >= 4 is 23.3 Å². The maximum Gasteiger partial charge on any atom is 0.267 e. The number of carbonyl (C=O) groups excluding carboxylic acids is 2. The van der Waals surface area contributed by atoms with E-state index in [9.17, 15) is 9.59 Å². The van der Waals surface area contributed by atoms with E-state index in [0.29, 0.717) is 47.6 Å². The molecule has 0 unspecified atom stereocenters. The second kappa shape index (κ2) is 9.50. The lowest BCUT2D eigenvalue weighted by Gasteiger charge is -2.31. The largest absolute Gasteiger partial charge is 0.493 e. The number of para-hydroxylation sites is 2. The van der Waals surface area contributed by atoms with Crippen molar-refractivity contribution in [3.63, 3.8) is 0 Å². The maximum absolute atomic E-state index is 12.5. The highest BCUT2D eigenvalue weighted by atomic mass is 32.1. The smallest absolute Gasteiger partial charge is 0.267 e. The summed E-state index contributed by atoms with van der Waals surface area (Å²) in [6.45, 7) is 3.67. The minimum absolute atomic E-state index is 0.000180. The number of hydrogen-bond acceptors (Lipinski definition) is 7. The zero-order chi connectivity index (χ0) is 19.9. The van der Waals surface area contributed by atoms with Gasteiger partial charge in [-0.15, -0.1) is 5.10 Å². The van der Waals surface area contributed by atoms with Gasteiger partial charge in [0.2, 0.25) is 0 Å². The first-order chi connectivity index (χ1) is 13.6. The number of nitrogens with zero attached hydrogens (tertiary/aromatic N) is 3. The van der Waals surface area contributed by atoms with Crippen molar-refractivity contribution in [2.24, 2.45) is 5.92 Å². The lowest BCUT2D eigenvalue weighted by Crippen LogP contribution is -2.42. The van der Waals surface area contributed by atoms with Gasteiger partial charge in [0, 0.05) is 19.6 Å². The minimum Gasteiger partial charge on any atom is -0.493 e. The molecule has 1 aliphatic heterocycles. The number of aryl methyl sites for hydroxylation is 1. The van der Waals surface area contributed by atoms with Gasteiger partial charge in [0.25, 0.3) is 11.8 Å². The number of likely N-dealkylation sites (tertiary alicyclic amines) is 1. The standard InChI is InChI=1S/C19H24N4O4S/c1-13-18(28-22-21-13)19(25)23-9-7-14(8-10-23)11-20-17(24)12-27-16-6-4-3-5-15(16)26-2/h3-6,14H,7-12H2,1-2H3,(H,20,24). The maximum atomic E-state index is 12.5. The summed E-state index contributed by atoms with van der Waals surface area (Å²) in [5.74, 6) is 1.31. The molecule has 0 atom stereocenters. The third kappa shape index (κ3) is 4.98. The van der Waals surface area contributed by atoms with Gasteiger partial charge in [0.1, 0.15) is 4.88 Å². The molecule has 1 aromatic heterocycles. The first kappa shape index (κ1) is 20.1. The number of carbonyl (C=O) groups is 2. The average Bonchev–Trinajstić information content (AvgIpc) is 3.16. The summed E-state index contributed by atoms with van der Waals surface area (Å²) in [6.07, 6.45) is 1.70. The molecule has 2 amide bonds.